The molecule has 0 aromatic heterocycles. The van der Waals surface area contributed by atoms with Crippen LogP contribution >= 0.6 is 11.6 Å². The monoisotopic (exact) mass is 187 g/mol. The van der Waals surface area contributed by atoms with E-state index in [4.69, 9.17) is 11.6 Å². The lowest BCUT2D eigenvalue weighted by molar-refractivity contribution is 0.195. The minimum absolute atomic E-state index is 0.399. The molecule has 0 unspecified atom stereocenters. The molecular weight excluding hydrogens is 170 g/mol. The molecule has 0 saturated carbocycles. The summed E-state index contributed by atoms with van der Waals surface area (Å²) in [7, 11) is 0. The third kappa shape index (κ3) is 2.49. The SMILES string of the molecule is CC1(C)CCCN1C/C=C/CCl. The van der Waals surface area contributed by atoms with Gasteiger partial charge in [-0.1, -0.05) is 12.2 Å². The lowest BCUT2D eigenvalue weighted by Crippen LogP contribution is -2.38. The number of halogens is 1. The van der Waals surface area contributed by atoms with Crippen molar-refractivity contribution in [2.24, 2.45) is 0 Å². The summed E-state index contributed by atoms with van der Waals surface area (Å²) >= 11 is 5.55. The fourth-order valence-corrected chi connectivity index (χ4v) is 1.89. The smallest absolute Gasteiger partial charge is 0.0404 e. The molecule has 0 aromatic carbocycles. The Balaban J connectivity index is 2.36. The topological polar surface area (TPSA) is 3.24 Å². The van der Waals surface area contributed by atoms with Crippen molar-refractivity contribution in [3.8, 4) is 0 Å². The summed E-state index contributed by atoms with van der Waals surface area (Å²) in [6, 6.07) is 0. The Morgan fingerprint density at radius 2 is 2.17 bits per heavy atom. The van der Waals surface area contributed by atoms with Gasteiger partial charge in [-0.05, 0) is 33.2 Å². The fourth-order valence-electron chi connectivity index (χ4n) is 1.77. The summed E-state index contributed by atoms with van der Waals surface area (Å²) in [6.07, 6.45) is 6.85. The minimum Gasteiger partial charge on any atom is -0.295 e. The van der Waals surface area contributed by atoms with E-state index >= 15 is 0 Å². The van der Waals surface area contributed by atoms with Crippen LogP contribution in [0.1, 0.15) is 26.7 Å². The maximum atomic E-state index is 5.55. The molecule has 0 amide bonds. The van der Waals surface area contributed by atoms with Crippen molar-refractivity contribution in [3.05, 3.63) is 12.2 Å². The van der Waals surface area contributed by atoms with E-state index in [2.05, 4.69) is 24.8 Å². The summed E-state index contributed by atoms with van der Waals surface area (Å²) in [5, 5.41) is 0. The summed E-state index contributed by atoms with van der Waals surface area (Å²) in [5.74, 6) is 0.633. The Labute approximate surface area is 80.4 Å². The standard InChI is InChI=1S/C10H18ClN/c1-10(2)6-5-9-12(10)8-4-3-7-11/h3-4H,5-9H2,1-2H3/b4-3+. The Morgan fingerprint density at radius 3 is 2.67 bits per heavy atom. The van der Waals surface area contributed by atoms with Gasteiger partial charge in [0.05, 0.1) is 0 Å². The van der Waals surface area contributed by atoms with Crippen LogP contribution < -0.4 is 0 Å². The van der Waals surface area contributed by atoms with Crippen LogP contribution in [0.4, 0.5) is 0 Å². The lowest BCUT2D eigenvalue weighted by atomic mass is 10.0. The van der Waals surface area contributed by atoms with Gasteiger partial charge in [0.15, 0.2) is 0 Å². The van der Waals surface area contributed by atoms with Gasteiger partial charge in [0.2, 0.25) is 0 Å². The van der Waals surface area contributed by atoms with Crippen molar-refractivity contribution in [1.82, 2.24) is 4.90 Å². The van der Waals surface area contributed by atoms with E-state index in [0.717, 1.165) is 6.54 Å². The predicted octanol–water partition coefficient (Wildman–Crippen LogP) is 2.66. The first-order valence-corrected chi connectivity index (χ1v) is 5.16. The Morgan fingerprint density at radius 1 is 1.42 bits per heavy atom. The number of hydrogen-bond donors (Lipinski definition) is 0. The van der Waals surface area contributed by atoms with E-state index in [1.54, 1.807) is 0 Å². The number of allylic oxidation sites excluding steroid dienone is 1. The number of nitrogens with zero attached hydrogens (tertiary/aromatic N) is 1. The predicted molar refractivity (Wildman–Crippen MR) is 54.7 cm³/mol. The quantitative estimate of drug-likeness (QED) is 0.485. The minimum atomic E-state index is 0.399. The van der Waals surface area contributed by atoms with Crippen LogP contribution in [0.3, 0.4) is 0 Å². The van der Waals surface area contributed by atoms with E-state index in [-0.39, 0.29) is 0 Å². The average molecular weight is 188 g/mol. The molecule has 1 aliphatic heterocycles. The van der Waals surface area contributed by atoms with Crippen LogP contribution in [-0.2, 0) is 0 Å². The molecule has 0 radical (unpaired) electrons. The van der Waals surface area contributed by atoms with Crippen LogP contribution in [0.5, 0.6) is 0 Å². The van der Waals surface area contributed by atoms with E-state index in [1.165, 1.54) is 19.4 Å². The Kier molecular flexibility index (Phi) is 3.60. The molecular formula is C10H18ClN. The average Bonchev–Trinajstić information content (AvgIpc) is 2.32. The van der Waals surface area contributed by atoms with Crippen molar-refractivity contribution < 1.29 is 0 Å². The second-order valence-corrected chi connectivity index (χ2v) is 4.30. The largest absolute Gasteiger partial charge is 0.295 e. The maximum Gasteiger partial charge on any atom is 0.0404 e. The van der Waals surface area contributed by atoms with Crippen LogP contribution in [-0.4, -0.2) is 29.4 Å². The van der Waals surface area contributed by atoms with Crippen LogP contribution in [0.25, 0.3) is 0 Å². The molecule has 1 saturated heterocycles. The second kappa shape index (κ2) is 4.29. The van der Waals surface area contributed by atoms with Gasteiger partial charge in [-0.15, -0.1) is 11.6 Å². The van der Waals surface area contributed by atoms with Crippen molar-refractivity contribution in [2.75, 3.05) is 19.0 Å². The molecule has 0 aromatic rings. The molecule has 1 nitrogen and oxygen atoms in total. The molecule has 0 N–H and O–H groups in total. The van der Waals surface area contributed by atoms with Crippen LogP contribution in [0.2, 0.25) is 0 Å². The second-order valence-electron chi connectivity index (χ2n) is 3.99. The van der Waals surface area contributed by atoms with Gasteiger partial charge >= 0.3 is 0 Å². The normalized spacial score (nSPS) is 23.9. The van der Waals surface area contributed by atoms with E-state index in [9.17, 15) is 0 Å². The Hall–Kier alpha value is -0.0100. The first-order chi connectivity index (χ1) is 5.67. The zero-order valence-electron chi connectivity index (χ0n) is 8.02. The highest BCUT2D eigenvalue weighted by molar-refractivity contribution is 6.18. The zero-order valence-corrected chi connectivity index (χ0v) is 8.77. The molecule has 12 heavy (non-hydrogen) atoms. The van der Waals surface area contributed by atoms with Crippen molar-refractivity contribution in [3.63, 3.8) is 0 Å². The van der Waals surface area contributed by atoms with E-state index in [1.807, 2.05) is 6.08 Å². The molecule has 70 valence electrons. The number of likely N-dealkylation sites (tertiary alicyclic amines) is 1. The molecule has 0 bridgehead atoms. The van der Waals surface area contributed by atoms with Crippen molar-refractivity contribution >= 4 is 11.6 Å². The molecule has 1 fully saturated rings. The van der Waals surface area contributed by atoms with Crippen LogP contribution in [0.15, 0.2) is 12.2 Å². The first kappa shape index (κ1) is 10.1. The summed E-state index contributed by atoms with van der Waals surface area (Å²) in [5.41, 5.74) is 0.399. The molecule has 1 heterocycles. The molecule has 0 atom stereocenters. The van der Waals surface area contributed by atoms with Gasteiger partial charge in [0.1, 0.15) is 0 Å². The fraction of sp³-hybridized carbons (Fsp3) is 0.800. The van der Waals surface area contributed by atoms with Gasteiger partial charge in [0, 0.05) is 18.0 Å². The number of alkyl halides is 1. The van der Waals surface area contributed by atoms with E-state index < -0.39 is 0 Å². The molecule has 1 aliphatic rings. The van der Waals surface area contributed by atoms with Gasteiger partial charge in [-0.3, -0.25) is 4.90 Å². The van der Waals surface area contributed by atoms with Crippen molar-refractivity contribution in [1.29, 1.82) is 0 Å². The zero-order chi connectivity index (χ0) is 9.03. The highest BCUT2D eigenvalue weighted by atomic mass is 35.5. The van der Waals surface area contributed by atoms with Gasteiger partial charge in [0.25, 0.3) is 0 Å². The highest BCUT2D eigenvalue weighted by Gasteiger charge is 2.30. The first-order valence-electron chi connectivity index (χ1n) is 4.63. The summed E-state index contributed by atoms with van der Waals surface area (Å²) < 4.78 is 0. The third-order valence-electron chi connectivity index (χ3n) is 2.65. The summed E-state index contributed by atoms with van der Waals surface area (Å²) in [4.78, 5) is 2.51. The van der Waals surface area contributed by atoms with Gasteiger partial charge in [-0.25, -0.2) is 0 Å². The molecule has 1 rings (SSSR count). The van der Waals surface area contributed by atoms with Crippen molar-refractivity contribution in [2.45, 2.75) is 32.2 Å². The molecule has 0 spiro atoms. The van der Waals surface area contributed by atoms with Gasteiger partial charge in [-0.2, -0.15) is 0 Å². The van der Waals surface area contributed by atoms with Gasteiger partial charge < -0.3 is 0 Å². The Bertz CT molecular complexity index is 163. The molecule has 0 aliphatic carbocycles. The third-order valence-corrected chi connectivity index (χ3v) is 2.83. The highest BCUT2D eigenvalue weighted by Crippen LogP contribution is 2.27. The number of rotatable bonds is 3. The van der Waals surface area contributed by atoms with E-state index in [0.29, 0.717) is 11.4 Å². The number of hydrogen-bond acceptors (Lipinski definition) is 1. The molecule has 2 heteroatoms. The maximum absolute atomic E-state index is 5.55. The lowest BCUT2D eigenvalue weighted by Gasteiger charge is -2.30. The van der Waals surface area contributed by atoms with Crippen LogP contribution in [0, 0.1) is 0 Å². The summed E-state index contributed by atoms with van der Waals surface area (Å²) in [6.45, 7) is 6.92.